The summed E-state index contributed by atoms with van der Waals surface area (Å²) in [6.07, 6.45) is 5.46. The van der Waals surface area contributed by atoms with Gasteiger partial charge in [-0.05, 0) is 31.5 Å². The zero-order valence-electron chi connectivity index (χ0n) is 11.1. The summed E-state index contributed by atoms with van der Waals surface area (Å²) in [5, 5.41) is 0.862. The van der Waals surface area contributed by atoms with Gasteiger partial charge in [0.25, 0.3) is 0 Å². The van der Waals surface area contributed by atoms with Crippen molar-refractivity contribution in [3.8, 4) is 22.9 Å². The molecule has 0 aliphatic carbocycles. The SMILES string of the molecule is C#Cc1ccc(C)c(-c2nc3c(N)nc(C)nc3s2)c1. The van der Waals surface area contributed by atoms with Crippen LogP contribution in [0.3, 0.4) is 0 Å². The molecule has 5 heteroatoms. The molecule has 2 heterocycles. The van der Waals surface area contributed by atoms with Crippen LogP contribution in [0, 0.1) is 26.2 Å². The first-order valence-electron chi connectivity index (χ1n) is 6.07. The third kappa shape index (κ3) is 2.00. The topological polar surface area (TPSA) is 64.7 Å². The van der Waals surface area contributed by atoms with E-state index in [2.05, 4.69) is 20.9 Å². The Morgan fingerprint density at radius 2 is 2.00 bits per heavy atom. The summed E-state index contributed by atoms with van der Waals surface area (Å²) in [6, 6.07) is 5.88. The highest BCUT2D eigenvalue weighted by Crippen LogP contribution is 2.33. The molecule has 2 aromatic heterocycles. The summed E-state index contributed by atoms with van der Waals surface area (Å²) >= 11 is 1.50. The van der Waals surface area contributed by atoms with Crippen molar-refractivity contribution in [2.24, 2.45) is 0 Å². The second-order valence-corrected chi connectivity index (χ2v) is 5.48. The number of aromatic nitrogens is 3. The first-order chi connectivity index (χ1) is 9.58. The number of anilines is 1. The first kappa shape index (κ1) is 12.6. The van der Waals surface area contributed by atoms with Crippen LogP contribution in [-0.2, 0) is 0 Å². The van der Waals surface area contributed by atoms with E-state index in [9.17, 15) is 0 Å². The van der Waals surface area contributed by atoms with Crippen LogP contribution in [0.15, 0.2) is 18.2 Å². The van der Waals surface area contributed by atoms with Crippen molar-refractivity contribution in [3.63, 3.8) is 0 Å². The van der Waals surface area contributed by atoms with Crippen LogP contribution in [0.4, 0.5) is 5.82 Å². The van der Waals surface area contributed by atoms with E-state index in [0.29, 0.717) is 17.2 Å². The minimum Gasteiger partial charge on any atom is -0.382 e. The van der Waals surface area contributed by atoms with E-state index in [0.717, 1.165) is 26.5 Å². The van der Waals surface area contributed by atoms with Gasteiger partial charge in [-0.25, -0.2) is 15.0 Å². The normalized spacial score (nSPS) is 10.7. The average molecular weight is 280 g/mol. The molecule has 0 spiro atoms. The highest BCUT2D eigenvalue weighted by molar-refractivity contribution is 7.21. The Morgan fingerprint density at radius 1 is 1.20 bits per heavy atom. The van der Waals surface area contributed by atoms with Crippen LogP contribution in [-0.4, -0.2) is 15.0 Å². The number of thiazole rings is 1. The lowest BCUT2D eigenvalue weighted by molar-refractivity contribution is 1.10. The fourth-order valence-corrected chi connectivity index (χ4v) is 3.09. The molecule has 0 atom stereocenters. The van der Waals surface area contributed by atoms with Gasteiger partial charge >= 0.3 is 0 Å². The maximum atomic E-state index is 5.90. The number of nitrogens with two attached hydrogens (primary N) is 1. The minimum absolute atomic E-state index is 0.417. The van der Waals surface area contributed by atoms with Crippen LogP contribution < -0.4 is 5.73 Å². The number of nitrogens with zero attached hydrogens (tertiary/aromatic N) is 3. The lowest BCUT2D eigenvalue weighted by Gasteiger charge is -2.02. The molecule has 98 valence electrons. The van der Waals surface area contributed by atoms with Crippen molar-refractivity contribution in [1.82, 2.24) is 15.0 Å². The molecule has 0 unspecified atom stereocenters. The Bertz CT molecular complexity index is 858. The van der Waals surface area contributed by atoms with E-state index in [4.69, 9.17) is 12.2 Å². The van der Waals surface area contributed by atoms with Crippen molar-refractivity contribution >= 4 is 27.5 Å². The van der Waals surface area contributed by atoms with Gasteiger partial charge in [-0.3, -0.25) is 0 Å². The predicted octanol–water partition coefficient (Wildman–Crippen LogP) is 2.93. The molecular weight excluding hydrogens is 268 g/mol. The third-order valence-corrected chi connectivity index (χ3v) is 4.01. The van der Waals surface area contributed by atoms with E-state index >= 15 is 0 Å². The highest BCUT2D eigenvalue weighted by Gasteiger charge is 2.13. The van der Waals surface area contributed by atoms with Gasteiger partial charge in [-0.1, -0.05) is 23.3 Å². The van der Waals surface area contributed by atoms with Gasteiger partial charge in [0.2, 0.25) is 0 Å². The van der Waals surface area contributed by atoms with Crippen molar-refractivity contribution < 1.29 is 0 Å². The number of nitrogen functional groups attached to an aromatic ring is 1. The summed E-state index contributed by atoms with van der Waals surface area (Å²) in [4.78, 5) is 13.9. The molecule has 0 aliphatic heterocycles. The fourth-order valence-electron chi connectivity index (χ4n) is 2.01. The lowest BCUT2D eigenvalue weighted by Crippen LogP contribution is -1.95. The minimum atomic E-state index is 0.417. The molecule has 20 heavy (non-hydrogen) atoms. The van der Waals surface area contributed by atoms with Crippen molar-refractivity contribution in [1.29, 1.82) is 0 Å². The Balaban J connectivity index is 2.25. The lowest BCUT2D eigenvalue weighted by atomic mass is 10.1. The van der Waals surface area contributed by atoms with Crippen molar-refractivity contribution in [3.05, 3.63) is 35.2 Å². The molecule has 2 N–H and O–H groups in total. The van der Waals surface area contributed by atoms with E-state index in [-0.39, 0.29) is 0 Å². The van der Waals surface area contributed by atoms with Gasteiger partial charge in [0.15, 0.2) is 5.82 Å². The molecule has 0 saturated carbocycles. The van der Waals surface area contributed by atoms with Crippen LogP contribution in [0.25, 0.3) is 20.9 Å². The van der Waals surface area contributed by atoms with Crippen molar-refractivity contribution in [2.75, 3.05) is 5.73 Å². The molecular formula is C15H12N4S. The third-order valence-electron chi connectivity index (χ3n) is 3.03. The molecule has 0 fully saturated rings. The van der Waals surface area contributed by atoms with Gasteiger partial charge in [0, 0.05) is 11.1 Å². The number of terminal acetylenes is 1. The van der Waals surface area contributed by atoms with Crippen molar-refractivity contribution in [2.45, 2.75) is 13.8 Å². The second kappa shape index (κ2) is 4.58. The van der Waals surface area contributed by atoms with Crippen LogP contribution in [0.1, 0.15) is 17.0 Å². The quantitative estimate of drug-likeness (QED) is 0.696. The molecule has 1 aromatic carbocycles. The highest BCUT2D eigenvalue weighted by atomic mass is 32.1. The summed E-state index contributed by atoms with van der Waals surface area (Å²) < 4.78 is 0. The summed E-state index contributed by atoms with van der Waals surface area (Å²) in [5.41, 5.74) is 9.52. The number of aryl methyl sites for hydroxylation is 2. The van der Waals surface area contributed by atoms with Gasteiger partial charge in [-0.15, -0.1) is 6.42 Å². The smallest absolute Gasteiger partial charge is 0.154 e. The summed E-state index contributed by atoms with van der Waals surface area (Å²) in [5.74, 6) is 3.71. The number of hydrogen-bond donors (Lipinski definition) is 1. The molecule has 0 bridgehead atoms. The molecule has 0 amide bonds. The molecule has 3 aromatic rings. The van der Waals surface area contributed by atoms with E-state index in [1.165, 1.54) is 11.3 Å². The van der Waals surface area contributed by atoms with Gasteiger partial charge in [0.1, 0.15) is 21.2 Å². The first-order valence-corrected chi connectivity index (χ1v) is 6.88. The molecule has 0 saturated heterocycles. The standard InChI is InChI=1S/C15H12N4S/c1-4-10-6-5-8(2)11(7-10)14-19-12-13(16)17-9(3)18-15(12)20-14/h1,5-7H,2-3H3,(H2,16,17,18). The fraction of sp³-hybridized carbons (Fsp3) is 0.133. The molecule has 0 aliphatic rings. The summed E-state index contributed by atoms with van der Waals surface area (Å²) in [7, 11) is 0. The number of rotatable bonds is 1. The Hall–Kier alpha value is -2.45. The van der Waals surface area contributed by atoms with E-state index in [1.807, 2.05) is 32.0 Å². The second-order valence-electron chi connectivity index (χ2n) is 4.50. The summed E-state index contributed by atoms with van der Waals surface area (Å²) in [6.45, 7) is 3.85. The zero-order valence-corrected chi connectivity index (χ0v) is 12.0. The molecule has 0 radical (unpaired) electrons. The van der Waals surface area contributed by atoms with E-state index < -0.39 is 0 Å². The molecule has 3 rings (SSSR count). The van der Waals surface area contributed by atoms with Gasteiger partial charge < -0.3 is 5.73 Å². The van der Waals surface area contributed by atoms with Gasteiger partial charge in [-0.2, -0.15) is 0 Å². The largest absolute Gasteiger partial charge is 0.382 e. The monoisotopic (exact) mass is 280 g/mol. The Morgan fingerprint density at radius 3 is 2.75 bits per heavy atom. The van der Waals surface area contributed by atoms with Crippen LogP contribution >= 0.6 is 11.3 Å². The maximum absolute atomic E-state index is 5.90. The zero-order chi connectivity index (χ0) is 14.3. The Labute approximate surface area is 120 Å². The van der Waals surface area contributed by atoms with E-state index in [1.54, 1.807) is 0 Å². The number of benzene rings is 1. The molecule has 4 nitrogen and oxygen atoms in total. The van der Waals surface area contributed by atoms with Crippen LogP contribution in [0.5, 0.6) is 0 Å². The number of fused-ring (bicyclic) bond motifs is 1. The Kier molecular flexibility index (Phi) is 2.88. The number of hydrogen-bond acceptors (Lipinski definition) is 5. The predicted molar refractivity (Wildman–Crippen MR) is 82.5 cm³/mol. The van der Waals surface area contributed by atoms with Crippen LogP contribution in [0.2, 0.25) is 0 Å². The van der Waals surface area contributed by atoms with Gasteiger partial charge in [0.05, 0.1) is 0 Å². The maximum Gasteiger partial charge on any atom is 0.154 e. The average Bonchev–Trinajstić information content (AvgIpc) is 2.83.